The Kier molecular flexibility index (Phi) is 2.32. The molecule has 3 amide bonds. The van der Waals surface area contributed by atoms with Crippen molar-refractivity contribution in [1.82, 2.24) is 10.9 Å². The number of amides is 3. The van der Waals surface area contributed by atoms with Crippen LogP contribution in [0.4, 0.5) is 4.79 Å². The van der Waals surface area contributed by atoms with Crippen LogP contribution in [0, 0.1) is 0 Å². The van der Waals surface area contributed by atoms with Crippen LogP contribution in [0.5, 0.6) is 0 Å². The summed E-state index contributed by atoms with van der Waals surface area (Å²) in [5.41, 5.74) is 9.01. The van der Waals surface area contributed by atoms with Crippen molar-refractivity contribution in [3.8, 4) is 0 Å². The van der Waals surface area contributed by atoms with Crippen molar-refractivity contribution in [1.29, 1.82) is 0 Å². The number of primary amides is 1. The van der Waals surface area contributed by atoms with Crippen molar-refractivity contribution >= 4 is 11.9 Å². The third-order valence-corrected chi connectivity index (χ3v) is 1.08. The summed E-state index contributed by atoms with van der Waals surface area (Å²) < 4.78 is 4.64. The van der Waals surface area contributed by atoms with Crippen LogP contribution in [0.15, 0.2) is 23.0 Å². The zero-order valence-electron chi connectivity index (χ0n) is 6.03. The largest absolute Gasteiger partial charge is 0.472 e. The van der Waals surface area contributed by atoms with E-state index in [1.807, 2.05) is 5.43 Å². The summed E-state index contributed by atoms with van der Waals surface area (Å²) in [4.78, 5) is 21.1. The quantitative estimate of drug-likeness (QED) is 0.498. The van der Waals surface area contributed by atoms with E-state index in [1.54, 1.807) is 0 Å². The van der Waals surface area contributed by atoms with Gasteiger partial charge in [-0.15, -0.1) is 0 Å². The van der Waals surface area contributed by atoms with Gasteiger partial charge in [-0.25, -0.2) is 10.2 Å². The molecule has 0 radical (unpaired) electrons. The topological polar surface area (TPSA) is 97.4 Å². The normalized spacial score (nSPS) is 9.00. The number of rotatable bonds is 1. The molecule has 1 rings (SSSR count). The number of hydrogen-bond donors (Lipinski definition) is 3. The van der Waals surface area contributed by atoms with E-state index in [9.17, 15) is 9.59 Å². The van der Waals surface area contributed by atoms with Crippen LogP contribution in [-0.2, 0) is 0 Å². The van der Waals surface area contributed by atoms with E-state index >= 15 is 0 Å². The molecule has 12 heavy (non-hydrogen) atoms. The predicted molar refractivity (Wildman–Crippen MR) is 38.9 cm³/mol. The molecule has 0 saturated carbocycles. The molecule has 0 fully saturated rings. The van der Waals surface area contributed by atoms with Gasteiger partial charge in [-0.05, 0) is 6.07 Å². The van der Waals surface area contributed by atoms with E-state index in [0.29, 0.717) is 5.56 Å². The molecule has 1 heterocycles. The zero-order chi connectivity index (χ0) is 8.97. The summed E-state index contributed by atoms with van der Waals surface area (Å²) in [7, 11) is 0. The van der Waals surface area contributed by atoms with E-state index in [1.165, 1.54) is 18.6 Å². The average Bonchev–Trinajstić information content (AvgIpc) is 2.51. The van der Waals surface area contributed by atoms with E-state index in [2.05, 4.69) is 9.84 Å². The van der Waals surface area contributed by atoms with E-state index < -0.39 is 11.9 Å². The lowest BCUT2D eigenvalue weighted by atomic mass is 10.3. The van der Waals surface area contributed by atoms with Crippen molar-refractivity contribution in [3.05, 3.63) is 24.2 Å². The lowest BCUT2D eigenvalue weighted by Gasteiger charge is -2.00. The number of nitrogens with one attached hydrogen (secondary N) is 2. The first-order valence-corrected chi connectivity index (χ1v) is 3.08. The molecule has 0 spiro atoms. The van der Waals surface area contributed by atoms with Gasteiger partial charge in [-0.2, -0.15) is 0 Å². The molecule has 64 valence electrons. The Bertz CT molecular complexity index is 280. The van der Waals surface area contributed by atoms with Crippen LogP contribution < -0.4 is 16.6 Å². The molecule has 0 aliphatic rings. The summed E-state index contributed by atoms with van der Waals surface area (Å²) in [5, 5.41) is 0. The highest BCUT2D eigenvalue weighted by Crippen LogP contribution is 1.97. The Labute approximate surface area is 67.7 Å². The Hall–Kier alpha value is -1.98. The number of furan rings is 1. The molecule has 0 atom stereocenters. The molecule has 0 aliphatic carbocycles. The van der Waals surface area contributed by atoms with Crippen molar-refractivity contribution < 1.29 is 14.0 Å². The van der Waals surface area contributed by atoms with Gasteiger partial charge in [-0.1, -0.05) is 0 Å². The Morgan fingerprint density at radius 1 is 1.42 bits per heavy atom. The second-order valence-electron chi connectivity index (χ2n) is 1.96. The van der Waals surface area contributed by atoms with Gasteiger partial charge in [0.1, 0.15) is 6.26 Å². The second kappa shape index (κ2) is 3.42. The first kappa shape index (κ1) is 8.12. The first-order valence-electron chi connectivity index (χ1n) is 3.08. The molecular formula is C6H7N3O3. The average molecular weight is 169 g/mol. The third-order valence-electron chi connectivity index (χ3n) is 1.08. The van der Waals surface area contributed by atoms with Gasteiger partial charge < -0.3 is 10.2 Å². The molecule has 0 unspecified atom stereocenters. The van der Waals surface area contributed by atoms with Gasteiger partial charge in [0.25, 0.3) is 5.91 Å². The molecule has 4 N–H and O–H groups in total. The van der Waals surface area contributed by atoms with Crippen LogP contribution in [0.2, 0.25) is 0 Å². The van der Waals surface area contributed by atoms with Gasteiger partial charge in [-0.3, -0.25) is 10.2 Å². The number of hydrazine groups is 1. The van der Waals surface area contributed by atoms with Gasteiger partial charge >= 0.3 is 6.03 Å². The minimum Gasteiger partial charge on any atom is -0.472 e. The summed E-state index contributed by atoms with van der Waals surface area (Å²) in [6.45, 7) is 0. The van der Waals surface area contributed by atoms with Crippen LogP contribution in [0.3, 0.4) is 0 Å². The van der Waals surface area contributed by atoms with E-state index in [0.717, 1.165) is 0 Å². The summed E-state index contributed by atoms with van der Waals surface area (Å²) in [5.74, 6) is -0.484. The molecule has 6 heteroatoms. The third kappa shape index (κ3) is 2.01. The number of nitrogens with two attached hydrogens (primary N) is 1. The molecule has 0 saturated heterocycles. The Morgan fingerprint density at radius 2 is 2.17 bits per heavy atom. The van der Waals surface area contributed by atoms with Gasteiger partial charge in [0.05, 0.1) is 11.8 Å². The van der Waals surface area contributed by atoms with Crippen LogP contribution in [-0.4, -0.2) is 11.9 Å². The Balaban J connectivity index is 2.45. The smallest absolute Gasteiger partial charge is 0.330 e. The van der Waals surface area contributed by atoms with Crippen LogP contribution >= 0.6 is 0 Å². The molecular weight excluding hydrogens is 162 g/mol. The maximum atomic E-state index is 11.0. The van der Waals surface area contributed by atoms with Crippen molar-refractivity contribution in [2.75, 3.05) is 0 Å². The number of carbonyl (C=O) groups excluding carboxylic acids is 2. The number of urea groups is 1. The Morgan fingerprint density at radius 3 is 2.67 bits per heavy atom. The summed E-state index contributed by atoms with van der Waals surface area (Å²) in [6, 6.07) is 0.629. The van der Waals surface area contributed by atoms with Crippen molar-refractivity contribution in [2.45, 2.75) is 0 Å². The van der Waals surface area contributed by atoms with Crippen LogP contribution in [0.25, 0.3) is 0 Å². The molecule has 1 aromatic rings. The molecule has 1 aromatic heterocycles. The minimum atomic E-state index is -0.827. The summed E-state index contributed by atoms with van der Waals surface area (Å²) >= 11 is 0. The highest BCUT2D eigenvalue weighted by Gasteiger charge is 2.05. The highest BCUT2D eigenvalue weighted by atomic mass is 16.3. The summed E-state index contributed by atoms with van der Waals surface area (Å²) in [6.07, 6.45) is 2.59. The molecule has 0 bridgehead atoms. The standard InChI is InChI=1S/C6H7N3O3/c7-6(11)9-8-5(10)4-1-2-12-3-4/h1-3H,(H,8,10)(H3,7,9,11). The fourth-order valence-electron chi connectivity index (χ4n) is 0.584. The highest BCUT2D eigenvalue weighted by molar-refractivity contribution is 5.94. The van der Waals surface area contributed by atoms with Crippen molar-refractivity contribution in [3.63, 3.8) is 0 Å². The second-order valence-corrected chi connectivity index (χ2v) is 1.96. The predicted octanol–water partition coefficient (Wildman–Crippen LogP) is -0.407. The lowest BCUT2D eigenvalue weighted by Crippen LogP contribution is -2.44. The lowest BCUT2D eigenvalue weighted by molar-refractivity contribution is 0.0936. The SMILES string of the molecule is NC(=O)NNC(=O)c1ccoc1. The first-order chi connectivity index (χ1) is 5.70. The maximum Gasteiger partial charge on any atom is 0.330 e. The number of carbonyl (C=O) groups is 2. The van der Waals surface area contributed by atoms with Gasteiger partial charge in [0, 0.05) is 0 Å². The molecule has 0 aliphatic heterocycles. The van der Waals surface area contributed by atoms with Gasteiger partial charge in [0.2, 0.25) is 0 Å². The van der Waals surface area contributed by atoms with E-state index in [-0.39, 0.29) is 0 Å². The van der Waals surface area contributed by atoms with Crippen LogP contribution in [0.1, 0.15) is 10.4 Å². The minimum absolute atomic E-state index is 0.309. The number of hydrogen-bond acceptors (Lipinski definition) is 3. The maximum absolute atomic E-state index is 11.0. The fourth-order valence-corrected chi connectivity index (χ4v) is 0.584. The molecule has 6 nitrogen and oxygen atoms in total. The van der Waals surface area contributed by atoms with Gasteiger partial charge in [0.15, 0.2) is 0 Å². The monoisotopic (exact) mass is 169 g/mol. The fraction of sp³-hybridized carbons (Fsp3) is 0. The van der Waals surface area contributed by atoms with E-state index in [4.69, 9.17) is 5.73 Å². The van der Waals surface area contributed by atoms with Crippen molar-refractivity contribution in [2.24, 2.45) is 5.73 Å². The molecule has 0 aromatic carbocycles. The zero-order valence-corrected chi connectivity index (χ0v) is 6.03.